The molecule has 0 radical (unpaired) electrons. The number of rotatable bonds is 5. The average molecular weight is 494 g/mol. The molecule has 1 saturated heterocycles. The fourth-order valence-electron chi connectivity index (χ4n) is 3.83. The van der Waals surface area contributed by atoms with Gasteiger partial charge < -0.3 is 4.90 Å². The van der Waals surface area contributed by atoms with Crippen LogP contribution in [0.25, 0.3) is 12.0 Å². The fourth-order valence-corrected chi connectivity index (χ4v) is 4.36. The molecule has 32 heavy (non-hydrogen) atoms. The van der Waals surface area contributed by atoms with E-state index in [0.717, 1.165) is 61.1 Å². The Hall–Kier alpha value is -2.12. The molecular weight excluding hydrogens is 467 g/mol. The molecule has 0 saturated carbocycles. The van der Waals surface area contributed by atoms with Crippen molar-refractivity contribution in [2.45, 2.75) is 20.8 Å². The van der Waals surface area contributed by atoms with Crippen LogP contribution >= 0.6 is 35.6 Å². The SMILES string of the molecule is Cc1cc(C)nc(-n2ncc(C=CCN3CCN(c4ccc(Cl)cc4Cl)CC3)c2C)n1.Cl. The molecule has 170 valence electrons. The monoisotopic (exact) mass is 492 g/mol. The summed E-state index contributed by atoms with van der Waals surface area (Å²) in [5.41, 5.74) is 5.04. The van der Waals surface area contributed by atoms with Crippen molar-refractivity contribution < 1.29 is 0 Å². The molecule has 0 unspecified atom stereocenters. The lowest BCUT2D eigenvalue weighted by Gasteiger charge is -2.36. The molecule has 0 bridgehead atoms. The molecule has 1 aliphatic rings. The van der Waals surface area contributed by atoms with E-state index in [1.165, 1.54) is 0 Å². The van der Waals surface area contributed by atoms with Gasteiger partial charge in [-0.15, -0.1) is 12.4 Å². The summed E-state index contributed by atoms with van der Waals surface area (Å²) < 4.78 is 1.80. The molecular formula is C23H27Cl3N6. The van der Waals surface area contributed by atoms with Crippen LogP contribution in [0.3, 0.4) is 0 Å². The van der Waals surface area contributed by atoms with E-state index < -0.39 is 0 Å². The number of aryl methyl sites for hydroxylation is 2. The van der Waals surface area contributed by atoms with Gasteiger partial charge in [0.15, 0.2) is 0 Å². The maximum atomic E-state index is 6.36. The third-order valence-corrected chi connectivity index (χ3v) is 6.03. The number of anilines is 1. The third kappa shape index (κ3) is 5.62. The minimum atomic E-state index is 0. The lowest BCUT2D eigenvalue weighted by atomic mass is 10.2. The Labute approximate surface area is 205 Å². The zero-order chi connectivity index (χ0) is 22.0. The summed E-state index contributed by atoms with van der Waals surface area (Å²) in [6.45, 7) is 10.7. The second-order valence-electron chi connectivity index (χ2n) is 7.83. The van der Waals surface area contributed by atoms with Gasteiger partial charge in [-0.1, -0.05) is 35.4 Å². The Balaban J connectivity index is 0.00000289. The van der Waals surface area contributed by atoms with Crippen LogP contribution in [0.15, 0.2) is 36.5 Å². The number of nitrogens with zero attached hydrogens (tertiary/aromatic N) is 6. The highest BCUT2D eigenvalue weighted by molar-refractivity contribution is 6.36. The van der Waals surface area contributed by atoms with Gasteiger partial charge >= 0.3 is 0 Å². The van der Waals surface area contributed by atoms with Gasteiger partial charge in [0.2, 0.25) is 0 Å². The van der Waals surface area contributed by atoms with Crippen LogP contribution in [0.2, 0.25) is 10.0 Å². The Morgan fingerprint density at radius 3 is 2.31 bits per heavy atom. The van der Waals surface area contributed by atoms with Gasteiger partial charge in [0, 0.05) is 54.7 Å². The molecule has 3 aromatic rings. The van der Waals surface area contributed by atoms with Gasteiger partial charge in [0.1, 0.15) is 0 Å². The predicted molar refractivity (Wildman–Crippen MR) is 135 cm³/mol. The van der Waals surface area contributed by atoms with Crippen LogP contribution in [-0.2, 0) is 0 Å². The quantitative estimate of drug-likeness (QED) is 0.492. The van der Waals surface area contributed by atoms with Gasteiger partial charge in [-0.25, -0.2) is 14.6 Å². The van der Waals surface area contributed by atoms with Crippen molar-refractivity contribution in [1.82, 2.24) is 24.6 Å². The molecule has 4 rings (SSSR count). The molecule has 1 aliphatic heterocycles. The van der Waals surface area contributed by atoms with E-state index in [9.17, 15) is 0 Å². The summed E-state index contributed by atoms with van der Waals surface area (Å²) in [7, 11) is 0. The summed E-state index contributed by atoms with van der Waals surface area (Å²) in [5, 5.41) is 5.87. The standard InChI is InChI=1S/C23H26Cl2N6.ClH/c1-16-13-17(2)28-23(27-16)31-18(3)19(15-26-31)5-4-8-29-9-11-30(12-10-29)22-7-6-20(24)14-21(22)25;/h4-7,13-15H,8-12H2,1-3H3;1H. The van der Waals surface area contributed by atoms with Crippen molar-refractivity contribution in [3.8, 4) is 5.95 Å². The van der Waals surface area contributed by atoms with Crippen molar-refractivity contribution in [1.29, 1.82) is 0 Å². The molecule has 3 heterocycles. The lowest BCUT2D eigenvalue weighted by molar-refractivity contribution is 0.284. The van der Waals surface area contributed by atoms with Crippen LogP contribution in [-0.4, -0.2) is 57.4 Å². The zero-order valence-corrected chi connectivity index (χ0v) is 20.8. The number of halogens is 3. The molecule has 0 amide bonds. The molecule has 0 atom stereocenters. The summed E-state index contributed by atoms with van der Waals surface area (Å²) in [4.78, 5) is 13.8. The number of hydrogen-bond acceptors (Lipinski definition) is 5. The highest BCUT2D eigenvalue weighted by atomic mass is 35.5. The Bertz CT molecular complexity index is 1080. The first-order chi connectivity index (χ1) is 14.9. The van der Waals surface area contributed by atoms with E-state index in [1.807, 2.05) is 45.2 Å². The van der Waals surface area contributed by atoms with Crippen LogP contribution < -0.4 is 4.90 Å². The molecule has 2 aromatic heterocycles. The van der Waals surface area contributed by atoms with Crippen LogP contribution in [0.5, 0.6) is 0 Å². The van der Waals surface area contributed by atoms with E-state index in [1.54, 1.807) is 10.7 Å². The first-order valence-corrected chi connectivity index (χ1v) is 11.1. The van der Waals surface area contributed by atoms with Crippen LogP contribution in [0.4, 0.5) is 5.69 Å². The van der Waals surface area contributed by atoms with Crippen LogP contribution in [0, 0.1) is 20.8 Å². The highest BCUT2D eigenvalue weighted by Gasteiger charge is 2.18. The van der Waals surface area contributed by atoms with Gasteiger partial charge in [-0.05, 0) is 45.0 Å². The van der Waals surface area contributed by atoms with Crippen molar-refractivity contribution in [2.24, 2.45) is 0 Å². The van der Waals surface area contributed by atoms with Gasteiger partial charge in [0.05, 0.1) is 22.6 Å². The number of hydrogen-bond donors (Lipinski definition) is 0. The number of benzene rings is 1. The number of piperazine rings is 1. The second-order valence-corrected chi connectivity index (χ2v) is 8.68. The Morgan fingerprint density at radius 1 is 0.969 bits per heavy atom. The zero-order valence-electron chi connectivity index (χ0n) is 18.4. The van der Waals surface area contributed by atoms with Crippen molar-refractivity contribution in [3.05, 3.63) is 69.2 Å². The van der Waals surface area contributed by atoms with Gasteiger partial charge in [0.25, 0.3) is 5.95 Å². The fraction of sp³-hybridized carbons (Fsp3) is 0.348. The maximum Gasteiger partial charge on any atom is 0.251 e. The summed E-state index contributed by atoms with van der Waals surface area (Å²) >= 11 is 12.4. The molecule has 1 fully saturated rings. The highest BCUT2D eigenvalue weighted by Crippen LogP contribution is 2.29. The molecule has 0 spiro atoms. The minimum Gasteiger partial charge on any atom is -0.368 e. The van der Waals surface area contributed by atoms with E-state index in [4.69, 9.17) is 23.2 Å². The van der Waals surface area contributed by atoms with Gasteiger partial charge in [-0.2, -0.15) is 5.10 Å². The topological polar surface area (TPSA) is 50.1 Å². The summed E-state index contributed by atoms with van der Waals surface area (Å²) in [6, 6.07) is 7.66. The first kappa shape index (κ1) is 24.5. The molecule has 1 aromatic carbocycles. The predicted octanol–water partition coefficient (Wildman–Crippen LogP) is 5.15. The van der Waals surface area contributed by atoms with Crippen molar-refractivity contribution in [3.63, 3.8) is 0 Å². The minimum absolute atomic E-state index is 0. The Kier molecular flexibility index (Phi) is 8.17. The van der Waals surface area contributed by atoms with E-state index in [-0.39, 0.29) is 12.4 Å². The van der Waals surface area contributed by atoms with Gasteiger partial charge in [-0.3, -0.25) is 4.90 Å². The largest absolute Gasteiger partial charge is 0.368 e. The van der Waals surface area contributed by atoms with Crippen LogP contribution in [0.1, 0.15) is 22.6 Å². The normalized spacial score (nSPS) is 14.7. The summed E-state index contributed by atoms with van der Waals surface area (Å²) in [6.07, 6.45) is 6.19. The maximum absolute atomic E-state index is 6.36. The lowest BCUT2D eigenvalue weighted by Crippen LogP contribution is -2.46. The molecule has 0 aliphatic carbocycles. The Morgan fingerprint density at radius 2 is 1.66 bits per heavy atom. The smallest absolute Gasteiger partial charge is 0.251 e. The van der Waals surface area contributed by atoms with E-state index in [2.05, 4.69) is 37.0 Å². The van der Waals surface area contributed by atoms with Crippen molar-refractivity contribution >= 4 is 47.4 Å². The van der Waals surface area contributed by atoms with E-state index in [0.29, 0.717) is 16.0 Å². The second kappa shape index (κ2) is 10.7. The molecule has 9 heteroatoms. The summed E-state index contributed by atoms with van der Waals surface area (Å²) in [5.74, 6) is 0.617. The average Bonchev–Trinajstić information content (AvgIpc) is 3.08. The third-order valence-electron chi connectivity index (χ3n) is 5.49. The molecule has 6 nitrogen and oxygen atoms in total. The van der Waals surface area contributed by atoms with E-state index >= 15 is 0 Å². The first-order valence-electron chi connectivity index (χ1n) is 10.4. The van der Waals surface area contributed by atoms with Crippen molar-refractivity contribution in [2.75, 3.05) is 37.6 Å². The molecule has 0 N–H and O–H groups in total. The number of aromatic nitrogens is 4.